The average Bonchev–Trinajstić information content (AvgIpc) is 2.35. The first kappa shape index (κ1) is 15.9. The molecule has 0 unspecified atom stereocenters. The monoisotopic (exact) mass is 298 g/mol. The van der Waals surface area contributed by atoms with E-state index in [2.05, 4.69) is 26.7 Å². The molecule has 2 rings (SSSR count). The molecular weight excluding hydrogens is 276 g/mol. The third kappa shape index (κ3) is 4.55. The van der Waals surface area contributed by atoms with Crippen molar-refractivity contribution >= 4 is 17.5 Å². The van der Waals surface area contributed by atoms with Gasteiger partial charge in [0.2, 0.25) is 5.95 Å². The van der Waals surface area contributed by atoms with Crippen LogP contribution in [0.5, 0.6) is 0 Å². The van der Waals surface area contributed by atoms with Crippen LogP contribution in [-0.2, 0) is 0 Å². The fourth-order valence-corrected chi connectivity index (χ4v) is 2.12. The molecule has 5 heteroatoms. The van der Waals surface area contributed by atoms with Crippen molar-refractivity contribution < 1.29 is 4.79 Å². The third-order valence-electron chi connectivity index (χ3n) is 2.85. The Labute approximate surface area is 131 Å². The van der Waals surface area contributed by atoms with Gasteiger partial charge in [0.1, 0.15) is 5.69 Å². The molecule has 2 aromatic rings. The number of amides is 1. The van der Waals surface area contributed by atoms with Crippen LogP contribution in [0.25, 0.3) is 0 Å². The number of hydrogen-bond donors (Lipinski definition) is 2. The van der Waals surface area contributed by atoms with Crippen molar-refractivity contribution in [3.05, 3.63) is 47.3 Å². The molecule has 1 aromatic heterocycles. The van der Waals surface area contributed by atoms with E-state index in [1.165, 1.54) is 0 Å². The first-order valence-corrected chi connectivity index (χ1v) is 7.24. The van der Waals surface area contributed by atoms with Crippen LogP contribution in [0, 0.1) is 13.8 Å². The first-order valence-electron chi connectivity index (χ1n) is 7.24. The summed E-state index contributed by atoms with van der Waals surface area (Å²) in [4.78, 5) is 20.7. The minimum absolute atomic E-state index is 0.164. The van der Waals surface area contributed by atoms with Crippen molar-refractivity contribution in [3.8, 4) is 0 Å². The second kappa shape index (κ2) is 6.13. The fourth-order valence-electron chi connectivity index (χ4n) is 2.12. The van der Waals surface area contributed by atoms with Gasteiger partial charge in [0.15, 0.2) is 0 Å². The van der Waals surface area contributed by atoms with Crippen molar-refractivity contribution in [3.63, 3.8) is 0 Å². The first-order chi connectivity index (χ1) is 10.2. The highest BCUT2D eigenvalue weighted by atomic mass is 16.1. The highest BCUT2D eigenvalue weighted by molar-refractivity contribution is 6.03. The zero-order chi connectivity index (χ0) is 16.3. The van der Waals surface area contributed by atoms with Crippen molar-refractivity contribution in [2.45, 2.75) is 40.2 Å². The quantitative estimate of drug-likeness (QED) is 0.909. The number of nitrogens with one attached hydrogen (secondary N) is 2. The van der Waals surface area contributed by atoms with Gasteiger partial charge in [-0.15, -0.1) is 0 Å². The number of aryl methyl sites for hydroxylation is 2. The van der Waals surface area contributed by atoms with E-state index in [9.17, 15) is 4.79 Å². The molecule has 0 fully saturated rings. The lowest BCUT2D eigenvalue weighted by Gasteiger charge is -2.20. The third-order valence-corrected chi connectivity index (χ3v) is 2.85. The van der Waals surface area contributed by atoms with Crippen LogP contribution in [0.1, 0.15) is 42.4 Å². The topological polar surface area (TPSA) is 66.9 Å². The average molecular weight is 298 g/mol. The molecule has 0 saturated heterocycles. The standard InChI is InChI=1S/C17H22N4O/c1-11-8-12(2)10-13(9-11)19-15(22)14-6-7-18-16(20-14)21-17(3,4)5/h6-10H,1-5H3,(H,19,22)(H,18,20,21). The van der Waals surface area contributed by atoms with Crippen LogP contribution in [0.2, 0.25) is 0 Å². The highest BCUT2D eigenvalue weighted by Crippen LogP contribution is 2.15. The van der Waals surface area contributed by atoms with Gasteiger partial charge in [-0.05, 0) is 63.9 Å². The van der Waals surface area contributed by atoms with Gasteiger partial charge in [0, 0.05) is 17.4 Å². The predicted octanol–water partition coefficient (Wildman–Crippen LogP) is 3.56. The molecule has 0 radical (unpaired) electrons. The molecule has 0 atom stereocenters. The summed E-state index contributed by atoms with van der Waals surface area (Å²) in [6.07, 6.45) is 1.58. The maximum Gasteiger partial charge on any atom is 0.274 e. The number of hydrogen-bond acceptors (Lipinski definition) is 4. The minimum atomic E-state index is -0.246. The van der Waals surface area contributed by atoms with Crippen molar-refractivity contribution in [2.75, 3.05) is 10.6 Å². The van der Waals surface area contributed by atoms with E-state index in [-0.39, 0.29) is 11.4 Å². The summed E-state index contributed by atoms with van der Waals surface area (Å²) in [5.41, 5.74) is 3.15. The molecule has 22 heavy (non-hydrogen) atoms. The Bertz CT molecular complexity index is 669. The summed E-state index contributed by atoms with van der Waals surface area (Å²) in [6.45, 7) is 10.0. The molecule has 1 amide bonds. The lowest BCUT2D eigenvalue weighted by Crippen LogP contribution is -2.28. The van der Waals surface area contributed by atoms with Crippen LogP contribution in [0.4, 0.5) is 11.6 Å². The maximum absolute atomic E-state index is 12.3. The summed E-state index contributed by atoms with van der Waals surface area (Å²) in [5.74, 6) is 0.199. The van der Waals surface area contributed by atoms with Gasteiger partial charge >= 0.3 is 0 Å². The van der Waals surface area contributed by atoms with Gasteiger partial charge in [-0.2, -0.15) is 0 Å². The minimum Gasteiger partial charge on any atom is -0.350 e. The summed E-state index contributed by atoms with van der Waals surface area (Å²) >= 11 is 0. The van der Waals surface area contributed by atoms with Crippen LogP contribution in [0.3, 0.4) is 0 Å². The van der Waals surface area contributed by atoms with Crippen LogP contribution < -0.4 is 10.6 Å². The predicted molar refractivity (Wildman–Crippen MR) is 89.3 cm³/mol. The van der Waals surface area contributed by atoms with Crippen molar-refractivity contribution in [1.29, 1.82) is 0 Å². The van der Waals surface area contributed by atoms with Crippen LogP contribution >= 0.6 is 0 Å². The molecule has 1 heterocycles. The summed E-state index contributed by atoms with van der Waals surface area (Å²) in [5, 5.41) is 6.03. The Morgan fingerprint density at radius 2 is 1.73 bits per heavy atom. The number of carbonyl (C=O) groups excluding carboxylic acids is 1. The van der Waals surface area contributed by atoms with Crippen molar-refractivity contribution in [1.82, 2.24) is 9.97 Å². The molecule has 0 aliphatic heterocycles. The molecule has 0 saturated carbocycles. The number of rotatable bonds is 3. The zero-order valence-corrected chi connectivity index (χ0v) is 13.7. The van der Waals surface area contributed by atoms with E-state index in [0.29, 0.717) is 11.6 Å². The number of aromatic nitrogens is 2. The lowest BCUT2D eigenvalue weighted by atomic mass is 10.1. The second-order valence-corrected chi connectivity index (χ2v) is 6.47. The number of anilines is 2. The molecule has 116 valence electrons. The molecule has 1 aromatic carbocycles. The summed E-state index contributed by atoms with van der Waals surface area (Å²) in [7, 11) is 0. The molecule has 2 N–H and O–H groups in total. The molecular formula is C17H22N4O. The van der Waals surface area contributed by atoms with Crippen LogP contribution in [0.15, 0.2) is 30.5 Å². The largest absolute Gasteiger partial charge is 0.350 e. The van der Waals surface area contributed by atoms with Gasteiger partial charge in [-0.3, -0.25) is 4.79 Å². The fraction of sp³-hybridized carbons (Fsp3) is 0.353. The Morgan fingerprint density at radius 1 is 1.09 bits per heavy atom. The molecule has 5 nitrogen and oxygen atoms in total. The molecule has 0 aliphatic rings. The van der Waals surface area contributed by atoms with E-state index >= 15 is 0 Å². The van der Waals surface area contributed by atoms with E-state index in [1.54, 1.807) is 12.3 Å². The van der Waals surface area contributed by atoms with Gasteiger partial charge < -0.3 is 10.6 Å². The van der Waals surface area contributed by atoms with Gasteiger partial charge in [-0.25, -0.2) is 9.97 Å². The number of benzene rings is 1. The maximum atomic E-state index is 12.3. The van der Waals surface area contributed by atoms with Gasteiger partial charge in [-0.1, -0.05) is 6.07 Å². The Balaban J connectivity index is 2.17. The molecule has 0 aliphatic carbocycles. The van der Waals surface area contributed by atoms with E-state index < -0.39 is 0 Å². The summed E-state index contributed by atoms with van der Waals surface area (Å²) in [6, 6.07) is 7.53. The zero-order valence-electron chi connectivity index (χ0n) is 13.7. The van der Waals surface area contributed by atoms with E-state index in [1.807, 2.05) is 46.8 Å². The Hall–Kier alpha value is -2.43. The van der Waals surface area contributed by atoms with E-state index in [4.69, 9.17) is 0 Å². The Kier molecular flexibility index (Phi) is 4.45. The molecule has 0 bridgehead atoms. The van der Waals surface area contributed by atoms with E-state index in [0.717, 1.165) is 16.8 Å². The smallest absolute Gasteiger partial charge is 0.274 e. The highest BCUT2D eigenvalue weighted by Gasteiger charge is 2.14. The van der Waals surface area contributed by atoms with Gasteiger partial charge in [0.05, 0.1) is 0 Å². The Morgan fingerprint density at radius 3 is 2.32 bits per heavy atom. The van der Waals surface area contributed by atoms with Gasteiger partial charge in [0.25, 0.3) is 5.91 Å². The SMILES string of the molecule is Cc1cc(C)cc(NC(=O)c2ccnc(NC(C)(C)C)n2)c1. The lowest BCUT2D eigenvalue weighted by molar-refractivity contribution is 0.102. The second-order valence-electron chi connectivity index (χ2n) is 6.47. The van der Waals surface area contributed by atoms with Crippen LogP contribution in [-0.4, -0.2) is 21.4 Å². The number of nitrogens with zero attached hydrogens (tertiary/aromatic N) is 2. The normalized spacial score (nSPS) is 11.1. The summed E-state index contributed by atoms with van der Waals surface area (Å²) < 4.78 is 0. The van der Waals surface area contributed by atoms with Crippen molar-refractivity contribution in [2.24, 2.45) is 0 Å². The molecule has 0 spiro atoms. The number of carbonyl (C=O) groups is 1.